The van der Waals surface area contributed by atoms with Gasteiger partial charge in [-0.05, 0) is 66.8 Å². The van der Waals surface area contributed by atoms with E-state index in [4.69, 9.17) is 0 Å². The van der Waals surface area contributed by atoms with Crippen LogP contribution in [0.25, 0.3) is 0 Å². The predicted molar refractivity (Wildman–Crippen MR) is 124 cm³/mol. The lowest BCUT2D eigenvalue weighted by Crippen LogP contribution is -2.61. The molecule has 0 aromatic heterocycles. The summed E-state index contributed by atoms with van der Waals surface area (Å²) in [4.78, 5) is 28.2. The van der Waals surface area contributed by atoms with Crippen LogP contribution in [0, 0.1) is 21.0 Å². The molecule has 0 radical (unpaired) electrons. The Balaban J connectivity index is 1.69. The molecule has 2 amide bonds. The van der Waals surface area contributed by atoms with Gasteiger partial charge in [-0.1, -0.05) is 0 Å². The number of benzene rings is 2. The molecule has 0 atom stereocenters. The highest BCUT2D eigenvalue weighted by molar-refractivity contribution is 14.1. The van der Waals surface area contributed by atoms with Gasteiger partial charge in [-0.15, -0.1) is 0 Å². The maximum absolute atomic E-state index is 14.5. The molecule has 1 fully saturated rings. The standard InChI is InChI=1S/C22H24F3IN4O2/c1-3-29(4-2)19(31)10-27-14-11-30(12-14)22(32)15-6-7-16(23)20(25)21(15)28-18-8-5-13(26)9-17(18)24/h5-9,14,27-28H,3-4,10-12H2,1-2H3. The normalized spacial score (nSPS) is 13.6. The first-order chi connectivity index (χ1) is 15.2. The summed E-state index contributed by atoms with van der Waals surface area (Å²) < 4.78 is 43.3. The molecule has 0 saturated carbocycles. The predicted octanol–water partition coefficient (Wildman–Crippen LogP) is 3.73. The van der Waals surface area contributed by atoms with Gasteiger partial charge in [-0.25, -0.2) is 13.2 Å². The molecule has 2 aromatic rings. The highest BCUT2D eigenvalue weighted by atomic mass is 127. The summed E-state index contributed by atoms with van der Waals surface area (Å²) in [6, 6.07) is 6.22. The quantitative estimate of drug-likeness (QED) is 0.484. The number of nitrogens with zero attached hydrogens (tertiary/aromatic N) is 2. The summed E-state index contributed by atoms with van der Waals surface area (Å²) in [7, 11) is 0. The van der Waals surface area contributed by atoms with E-state index in [1.54, 1.807) is 11.0 Å². The van der Waals surface area contributed by atoms with Gasteiger partial charge in [0.1, 0.15) is 5.82 Å². The number of hydrogen-bond donors (Lipinski definition) is 2. The summed E-state index contributed by atoms with van der Waals surface area (Å²) in [5, 5.41) is 5.64. The number of halogens is 4. The fourth-order valence-electron chi connectivity index (χ4n) is 3.44. The van der Waals surface area contributed by atoms with E-state index in [-0.39, 0.29) is 29.7 Å². The van der Waals surface area contributed by atoms with Gasteiger partial charge in [0.05, 0.1) is 23.5 Å². The molecule has 0 unspecified atom stereocenters. The maximum atomic E-state index is 14.5. The number of amides is 2. The SMILES string of the molecule is CCN(CC)C(=O)CNC1CN(C(=O)c2ccc(F)c(F)c2Nc2ccc(I)cc2F)C1. The van der Waals surface area contributed by atoms with Crippen molar-refractivity contribution in [3.63, 3.8) is 0 Å². The Labute approximate surface area is 198 Å². The third kappa shape index (κ3) is 5.34. The number of hydrogen-bond acceptors (Lipinski definition) is 4. The van der Waals surface area contributed by atoms with Crippen LogP contribution in [0.5, 0.6) is 0 Å². The molecular weight excluding hydrogens is 536 g/mol. The molecule has 10 heteroatoms. The first kappa shape index (κ1) is 24.3. The Morgan fingerprint density at radius 1 is 1.09 bits per heavy atom. The zero-order valence-corrected chi connectivity index (χ0v) is 19.9. The first-order valence-corrected chi connectivity index (χ1v) is 11.3. The molecule has 2 N–H and O–H groups in total. The second-order valence-corrected chi connectivity index (χ2v) is 8.63. The lowest BCUT2D eigenvalue weighted by atomic mass is 10.0. The van der Waals surface area contributed by atoms with Gasteiger partial charge >= 0.3 is 0 Å². The summed E-state index contributed by atoms with van der Waals surface area (Å²) in [6.45, 7) is 5.86. The van der Waals surface area contributed by atoms with Crippen molar-refractivity contribution in [1.29, 1.82) is 0 Å². The monoisotopic (exact) mass is 560 g/mol. The molecule has 3 rings (SSSR count). The Kier molecular flexibility index (Phi) is 7.99. The van der Waals surface area contributed by atoms with E-state index in [1.807, 2.05) is 36.4 Å². The van der Waals surface area contributed by atoms with E-state index in [2.05, 4.69) is 10.6 Å². The van der Waals surface area contributed by atoms with Gasteiger partial charge in [0.15, 0.2) is 11.6 Å². The van der Waals surface area contributed by atoms with Crippen molar-refractivity contribution in [1.82, 2.24) is 15.1 Å². The second kappa shape index (κ2) is 10.5. The van der Waals surface area contributed by atoms with E-state index >= 15 is 0 Å². The fourth-order valence-corrected chi connectivity index (χ4v) is 3.89. The minimum atomic E-state index is -1.26. The first-order valence-electron chi connectivity index (χ1n) is 10.3. The van der Waals surface area contributed by atoms with Crippen LogP contribution in [-0.4, -0.2) is 60.4 Å². The lowest BCUT2D eigenvalue weighted by molar-refractivity contribution is -0.130. The topological polar surface area (TPSA) is 64.7 Å². The minimum absolute atomic E-state index is 0.0218. The largest absolute Gasteiger partial charge is 0.350 e. The number of carbonyl (C=O) groups excluding carboxylic acids is 2. The van der Waals surface area contributed by atoms with Crippen LogP contribution < -0.4 is 10.6 Å². The van der Waals surface area contributed by atoms with Crippen LogP contribution in [0.15, 0.2) is 30.3 Å². The van der Waals surface area contributed by atoms with Crippen molar-refractivity contribution in [2.45, 2.75) is 19.9 Å². The van der Waals surface area contributed by atoms with E-state index in [0.29, 0.717) is 29.7 Å². The van der Waals surface area contributed by atoms with Crippen molar-refractivity contribution < 1.29 is 22.8 Å². The lowest BCUT2D eigenvalue weighted by Gasteiger charge is -2.40. The fraction of sp³-hybridized carbons (Fsp3) is 0.364. The zero-order chi connectivity index (χ0) is 23.4. The third-order valence-electron chi connectivity index (χ3n) is 5.34. The summed E-state index contributed by atoms with van der Waals surface area (Å²) >= 11 is 1.93. The molecule has 6 nitrogen and oxygen atoms in total. The third-order valence-corrected chi connectivity index (χ3v) is 6.01. The molecule has 1 saturated heterocycles. The second-order valence-electron chi connectivity index (χ2n) is 7.39. The van der Waals surface area contributed by atoms with Gasteiger partial charge in [-0.3, -0.25) is 9.59 Å². The van der Waals surface area contributed by atoms with Gasteiger partial charge < -0.3 is 20.4 Å². The van der Waals surface area contributed by atoms with E-state index < -0.39 is 29.0 Å². The molecule has 172 valence electrons. The van der Waals surface area contributed by atoms with Crippen LogP contribution in [0.2, 0.25) is 0 Å². The van der Waals surface area contributed by atoms with E-state index in [1.165, 1.54) is 23.1 Å². The number of anilines is 2. The highest BCUT2D eigenvalue weighted by Gasteiger charge is 2.33. The van der Waals surface area contributed by atoms with Crippen molar-refractivity contribution in [2.75, 3.05) is 38.0 Å². The van der Waals surface area contributed by atoms with Crippen LogP contribution in [0.4, 0.5) is 24.5 Å². The average Bonchev–Trinajstić information content (AvgIpc) is 2.72. The molecule has 0 aliphatic carbocycles. The molecule has 0 spiro atoms. The van der Waals surface area contributed by atoms with Gasteiger partial charge in [0, 0.05) is 35.8 Å². The molecule has 1 heterocycles. The average molecular weight is 560 g/mol. The summed E-state index contributed by atoms with van der Waals surface area (Å²) in [5.41, 5.74) is -0.579. The van der Waals surface area contributed by atoms with Crippen molar-refractivity contribution >= 4 is 45.8 Å². The summed E-state index contributed by atoms with van der Waals surface area (Å²) in [5.74, 6) is -3.58. The van der Waals surface area contributed by atoms with E-state index in [9.17, 15) is 22.8 Å². The molecule has 32 heavy (non-hydrogen) atoms. The maximum Gasteiger partial charge on any atom is 0.256 e. The highest BCUT2D eigenvalue weighted by Crippen LogP contribution is 2.30. The van der Waals surface area contributed by atoms with Crippen LogP contribution >= 0.6 is 22.6 Å². The van der Waals surface area contributed by atoms with Crippen LogP contribution in [0.1, 0.15) is 24.2 Å². The molecular formula is C22H24F3IN4O2. The molecule has 1 aliphatic rings. The molecule has 2 aromatic carbocycles. The number of likely N-dealkylation sites (tertiary alicyclic amines) is 1. The number of likely N-dealkylation sites (N-methyl/N-ethyl adjacent to an activating group) is 1. The minimum Gasteiger partial charge on any atom is -0.350 e. The van der Waals surface area contributed by atoms with Crippen molar-refractivity contribution in [2.24, 2.45) is 0 Å². The number of rotatable bonds is 8. The van der Waals surface area contributed by atoms with Gasteiger partial charge in [0.25, 0.3) is 5.91 Å². The number of carbonyl (C=O) groups is 2. The Morgan fingerprint density at radius 3 is 2.41 bits per heavy atom. The Bertz CT molecular complexity index is 1010. The van der Waals surface area contributed by atoms with Crippen LogP contribution in [-0.2, 0) is 4.79 Å². The van der Waals surface area contributed by atoms with Crippen molar-refractivity contribution in [3.8, 4) is 0 Å². The summed E-state index contributed by atoms with van der Waals surface area (Å²) in [6.07, 6.45) is 0. The Hall–Kier alpha value is -2.34. The smallest absolute Gasteiger partial charge is 0.256 e. The molecule has 1 aliphatic heterocycles. The van der Waals surface area contributed by atoms with Gasteiger partial charge in [-0.2, -0.15) is 0 Å². The van der Waals surface area contributed by atoms with E-state index in [0.717, 1.165) is 6.07 Å². The Morgan fingerprint density at radius 2 is 1.78 bits per heavy atom. The van der Waals surface area contributed by atoms with Crippen LogP contribution in [0.3, 0.4) is 0 Å². The van der Waals surface area contributed by atoms with Gasteiger partial charge in [0.2, 0.25) is 5.91 Å². The zero-order valence-electron chi connectivity index (χ0n) is 17.7. The number of nitrogens with one attached hydrogen (secondary N) is 2. The van der Waals surface area contributed by atoms with Crippen molar-refractivity contribution in [3.05, 3.63) is 56.9 Å². The molecule has 0 bridgehead atoms.